The maximum absolute atomic E-state index is 10.8. The number of fused-ring (bicyclic) bond motifs is 1. The number of aliphatic carboxylic acids is 1. The van der Waals surface area contributed by atoms with E-state index in [0.29, 0.717) is 0 Å². The summed E-state index contributed by atoms with van der Waals surface area (Å²) in [6, 6.07) is 6.03. The number of thioether (sulfide) groups is 1. The van der Waals surface area contributed by atoms with Crippen molar-refractivity contribution >= 4 is 44.7 Å². The topological polar surface area (TPSA) is 55.1 Å². The van der Waals surface area contributed by atoms with Crippen molar-refractivity contribution in [2.75, 3.05) is 5.75 Å². The number of halogens is 1. The molecule has 106 valence electrons. The van der Waals surface area contributed by atoms with E-state index in [-0.39, 0.29) is 5.75 Å². The van der Waals surface area contributed by atoms with Crippen LogP contribution in [-0.2, 0) is 11.3 Å². The molecule has 2 aromatic rings. The molecule has 3 rings (SSSR count). The van der Waals surface area contributed by atoms with E-state index in [2.05, 4.69) is 25.5 Å². The molecule has 20 heavy (non-hydrogen) atoms. The number of aromatic nitrogens is 2. The molecule has 1 aromatic carbocycles. The summed E-state index contributed by atoms with van der Waals surface area (Å²) in [5.74, 6) is 0.0886. The average molecular weight is 355 g/mol. The minimum Gasteiger partial charge on any atom is -0.481 e. The van der Waals surface area contributed by atoms with Gasteiger partial charge in [0.2, 0.25) is 0 Å². The van der Waals surface area contributed by atoms with Crippen LogP contribution in [0.2, 0.25) is 0 Å². The van der Waals surface area contributed by atoms with Crippen molar-refractivity contribution in [1.29, 1.82) is 0 Å². The van der Waals surface area contributed by atoms with Gasteiger partial charge in [-0.15, -0.1) is 0 Å². The first-order valence-electron chi connectivity index (χ1n) is 6.64. The van der Waals surface area contributed by atoms with Gasteiger partial charge in [0.15, 0.2) is 5.16 Å². The molecule has 6 heteroatoms. The van der Waals surface area contributed by atoms with Crippen molar-refractivity contribution in [2.45, 2.75) is 31.0 Å². The van der Waals surface area contributed by atoms with Crippen LogP contribution >= 0.6 is 27.7 Å². The van der Waals surface area contributed by atoms with Crippen LogP contribution in [0.3, 0.4) is 0 Å². The predicted molar refractivity (Wildman–Crippen MR) is 83.1 cm³/mol. The normalized spacial score (nSPS) is 14.8. The maximum Gasteiger partial charge on any atom is 0.313 e. The highest BCUT2D eigenvalue weighted by Gasteiger charge is 2.22. The molecule has 1 saturated carbocycles. The van der Waals surface area contributed by atoms with Crippen LogP contribution in [0.1, 0.15) is 19.3 Å². The second-order valence-electron chi connectivity index (χ2n) is 5.09. The number of hydrogen-bond donors (Lipinski definition) is 1. The predicted octanol–water partition coefficient (Wildman–Crippen LogP) is 3.78. The van der Waals surface area contributed by atoms with Crippen molar-refractivity contribution < 1.29 is 9.90 Å². The largest absolute Gasteiger partial charge is 0.481 e. The van der Waals surface area contributed by atoms with E-state index in [0.717, 1.165) is 39.5 Å². The zero-order valence-electron chi connectivity index (χ0n) is 10.9. The van der Waals surface area contributed by atoms with Crippen molar-refractivity contribution in [2.24, 2.45) is 5.92 Å². The molecule has 0 radical (unpaired) electrons. The highest BCUT2D eigenvalue weighted by molar-refractivity contribution is 9.10. The Hall–Kier alpha value is -1.01. The summed E-state index contributed by atoms with van der Waals surface area (Å²) in [6.07, 6.45) is 3.81. The van der Waals surface area contributed by atoms with Gasteiger partial charge in [-0.25, -0.2) is 4.98 Å². The lowest BCUT2D eigenvalue weighted by molar-refractivity contribution is -0.133. The maximum atomic E-state index is 10.8. The Labute approximate surface area is 129 Å². The van der Waals surface area contributed by atoms with Crippen molar-refractivity contribution in [1.82, 2.24) is 9.55 Å². The highest BCUT2D eigenvalue weighted by atomic mass is 79.9. The van der Waals surface area contributed by atoms with Gasteiger partial charge in [-0.05, 0) is 30.5 Å². The molecule has 0 saturated heterocycles. The van der Waals surface area contributed by atoms with E-state index < -0.39 is 5.97 Å². The molecule has 0 spiro atoms. The van der Waals surface area contributed by atoms with Crippen LogP contribution < -0.4 is 0 Å². The van der Waals surface area contributed by atoms with Crippen molar-refractivity contribution in [3.8, 4) is 0 Å². The summed E-state index contributed by atoms with van der Waals surface area (Å²) >= 11 is 4.75. The fourth-order valence-electron chi connectivity index (χ4n) is 2.25. The highest BCUT2D eigenvalue weighted by Crippen LogP contribution is 2.34. The van der Waals surface area contributed by atoms with Crippen molar-refractivity contribution in [3.63, 3.8) is 0 Å². The number of nitrogens with zero attached hydrogens (tertiary/aromatic N) is 2. The lowest BCUT2D eigenvalue weighted by Crippen LogP contribution is -2.04. The Bertz CT molecular complexity index is 652. The third-order valence-electron chi connectivity index (χ3n) is 3.46. The Morgan fingerprint density at radius 3 is 3.00 bits per heavy atom. The lowest BCUT2D eigenvalue weighted by Gasteiger charge is -2.07. The third kappa shape index (κ3) is 3.17. The molecular weight excluding hydrogens is 340 g/mol. The molecule has 1 aliphatic rings. The van der Waals surface area contributed by atoms with Gasteiger partial charge >= 0.3 is 5.97 Å². The number of imidazole rings is 1. The Morgan fingerprint density at radius 2 is 2.30 bits per heavy atom. The zero-order chi connectivity index (χ0) is 14.1. The van der Waals surface area contributed by atoms with Gasteiger partial charge in [0.25, 0.3) is 0 Å². The number of rotatable bonds is 6. The molecule has 1 N–H and O–H groups in total. The molecular formula is C14H15BrN2O2S. The first-order valence-corrected chi connectivity index (χ1v) is 8.42. The van der Waals surface area contributed by atoms with Crippen LogP contribution in [-0.4, -0.2) is 26.4 Å². The number of carbonyl (C=O) groups is 1. The summed E-state index contributed by atoms with van der Waals surface area (Å²) in [5.41, 5.74) is 2.00. The number of carboxylic acid groups (broad SMARTS) is 1. The monoisotopic (exact) mass is 354 g/mol. The molecule has 0 atom stereocenters. The third-order valence-corrected chi connectivity index (χ3v) is 4.91. The zero-order valence-corrected chi connectivity index (χ0v) is 13.3. The minimum absolute atomic E-state index is 0.0495. The average Bonchev–Trinajstić information content (AvgIpc) is 3.16. The van der Waals surface area contributed by atoms with Gasteiger partial charge < -0.3 is 9.67 Å². The van der Waals surface area contributed by atoms with E-state index in [1.165, 1.54) is 24.6 Å². The molecule has 1 heterocycles. The molecule has 0 aliphatic heterocycles. The summed E-state index contributed by atoms with van der Waals surface area (Å²) in [7, 11) is 0. The number of hydrogen-bond acceptors (Lipinski definition) is 3. The minimum atomic E-state index is -0.808. The lowest BCUT2D eigenvalue weighted by atomic mass is 10.3. The second-order valence-corrected chi connectivity index (χ2v) is 6.95. The van der Waals surface area contributed by atoms with Gasteiger partial charge in [0, 0.05) is 11.0 Å². The van der Waals surface area contributed by atoms with Gasteiger partial charge in [-0.1, -0.05) is 40.5 Å². The Morgan fingerprint density at radius 1 is 1.50 bits per heavy atom. The van der Waals surface area contributed by atoms with E-state index in [1.807, 2.05) is 18.2 Å². The fourth-order valence-corrected chi connectivity index (χ4v) is 3.36. The summed E-state index contributed by atoms with van der Waals surface area (Å²) in [5, 5.41) is 9.65. The van der Waals surface area contributed by atoms with Gasteiger partial charge in [0.1, 0.15) is 0 Å². The fraction of sp³-hybridized carbons (Fsp3) is 0.429. The molecule has 1 aromatic heterocycles. The van der Waals surface area contributed by atoms with Crippen LogP contribution in [0.4, 0.5) is 0 Å². The van der Waals surface area contributed by atoms with E-state index >= 15 is 0 Å². The van der Waals surface area contributed by atoms with E-state index in [1.54, 1.807) is 0 Å². The first kappa shape index (κ1) is 13.9. The second kappa shape index (κ2) is 5.77. The van der Waals surface area contributed by atoms with Crippen LogP contribution in [0.5, 0.6) is 0 Å². The summed E-state index contributed by atoms with van der Waals surface area (Å²) in [4.78, 5) is 15.3. The SMILES string of the molecule is O=C(O)CSc1nc2cc(Br)ccc2n1CCC1CC1. The molecule has 1 fully saturated rings. The van der Waals surface area contributed by atoms with Crippen LogP contribution in [0.15, 0.2) is 27.8 Å². The van der Waals surface area contributed by atoms with Crippen molar-refractivity contribution in [3.05, 3.63) is 22.7 Å². The molecule has 0 bridgehead atoms. The van der Waals surface area contributed by atoms with Gasteiger partial charge in [-0.3, -0.25) is 4.79 Å². The quantitative estimate of drug-likeness (QED) is 0.802. The van der Waals surface area contributed by atoms with Crippen LogP contribution in [0, 0.1) is 5.92 Å². The van der Waals surface area contributed by atoms with E-state index in [9.17, 15) is 4.79 Å². The first-order chi connectivity index (χ1) is 9.63. The van der Waals surface area contributed by atoms with Crippen LogP contribution in [0.25, 0.3) is 11.0 Å². The summed E-state index contributed by atoms with van der Waals surface area (Å²) in [6.45, 7) is 0.921. The van der Waals surface area contributed by atoms with Gasteiger partial charge in [-0.2, -0.15) is 0 Å². The molecule has 0 unspecified atom stereocenters. The number of benzene rings is 1. The molecule has 4 nitrogen and oxygen atoms in total. The molecule has 1 aliphatic carbocycles. The summed E-state index contributed by atoms with van der Waals surface area (Å²) < 4.78 is 3.15. The number of carboxylic acids is 1. The molecule has 0 amide bonds. The Balaban J connectivity index is 1.91. The Kier molecular flexibility index (Phi) is 4.03. The smallest absolute Gasteiger partial charge is 0.313 e. The van der Waals surface area contributed by atoms with E-state index in [4.69, 9.17) is 5.11 Å². The standard InChI is InChI=1S/C14H15BrN2O2S/c15-10-3-4-12-11(7-10)16-14(20-8-13(18)19)17(12)6-5-9-1-2-9/h3-4,7,9H,1-2,5-6,8H2,(H,18,19). The van der Waals surface area contributed by atoms with Gasteiger partial charge in [0.05, 0.1) is 16.8 Å². The number of aryl methyl sites for hydroxylation is 1.